The molecule has 238 valence electrons. The highest BCUT2D eigenvalue weighted by Crippen LogP contribution is 2.47. The second-order valence-electron chi connectivity index (χ2n) is 12.2. The predicted octanol–water partition coefficient (Wildman–Crippen LogP) is 12.8. The molecule has 1 aromatic heterocycles. The summed E-state index contributed by atoms with van der Waals surface area (Å²) in [7, 11) is 0. The number of benzene rings is 4. The van der Waals surface area contributed by atoms with Crippen LogP contribution < -0.4 is 5.32 Å². The molecule has 2 nitrogen and oxygen atoms in total. The number of nitrogens with one attached hydrogen (secondary N) is 2. The lowest BCUT2D eigenvalue weighted by Crippen LogP contribution is -2.24. The molecule has 0 bridgehead atoms. The molecule has 1 aliphatic rings. The first kappa shape index (κ1) is 33.3. The van der Waals surface area contributed by atoms with E-state index >= 15 is 0 Å². The molecular formula is C45H48N2. The largest absolute Gasteiger partial charge is 0.361 e. The molecule has 47 heavy (non-hydrogen) atoms. The van der Waals surface area contributed by atoms with Crippen LogP contribution in [-0.4, -0.2) is 4.98 Å². The number of aromatic nitrogens is 1. The zero-order valence-corrected chi connectivity index (χ0v) is 29.0. The van der Waals surface area contributed by atoms with Crippen LogP contribution in [0, 0.1) is 6.92 Å². The van der Waals surface area contributed by atoms with Crippen molar-refractivity contribution < 1.29 is 0 Å². The van der Waals surface area contributed by atoms with E-state index in [1.807, 2.05) is 26.1 Å². The van der Waals surface area contributed by atoms with Gasteiger partial charge in [-0.2, -0.15) is 0 Å². The summed E-state index contributed by atoms with van der Waals surface area (Å²) in [4.78, 5) is 3.62. The molecule has 0 amide bonds. The first-order valence-electron chi connectivity index (χ1n) is 16.9. The Kier molecular flexibility index (Phi) is 10.3. The smallest absolute Gasteiger partial charge is 0.0467 e. The molecule has 6 rings (SSSR count). The van der Waals surface area contributed by atoms with E-state index in [1.165, 1.54) is 61.0 Å². The highest BCUT2D eigenvalue weighted by Gasteiger charge is 2.33. The molecule has 0 spiro atoms. The van der Waals surface area contributed by atoms with E-state index < -0.39 is 0 Å². The lowest BCUT2D eigenvalue weighted by molar-refractivity contribution is 0.631. The van der Waals surface area contributed by atoms with Gasteiger partial charge in [0.25, 0.3) is 0 Å². The topological polar surface area (TPSA) is 27.8 Å². The standard InChI is InChI=1S/C43H42N2.C2H6/c1-7-17-35-37(9-3)45-39-26-24-36(33(8-2)40(35)39)43(5,6)42-29(4)23-25-38-41(42)34-22-14-13-21-32(34)28-31(20-15-16-27-44-38)30-18-11-10-12-19-30;1-2/h7,9-28,44-45H,3,8H2,1-2,4-6H3;1-2H3/b17-7-,20-15-,27-16+,31-28+;. The summed E-state index contributed by atoms with van der Waals surface area (Å²) in [6, 6.07) is 28.5. The zero-order chi connectivity index (χ0) is 33.6. The van der Waals surface area contributed by atoms with Crippen molar-refractivity contribution in [1.29, 1.82) is 0 Å². The van der Waals surface area contributed by atoms with Crippen LogP contribution in [0.4, 0.5) is 5.69 Å². The second kappa shape index (κ2) is 14.6. The molecule has 0 fully saturated rings. The van der Waals surface area contributed by atoms with Gasteiger partial charge < -0.3 is 10.3 Å². The lowest BCUT2D eigenvalue weighted by Gasteiger charge is -2.34. The summed E-state index contributed by atoms with van der Waals surface area (Å²) in [6.45, 7) is 19.5. The van der Waals surface area contributed by atoms with Crippen molar-refractivity contribution in [3.05, 3.63) is 161 Å². The van der Waals surface area contributed by atoms with Crippen molar-refractivity contribution in [2.24, 2.45) is 0 Å². The molecule has 5 aromatic rings. The average Bonchev–Trinajstić information content (AvgIpc) is 3.45. The molecular weight excluding hydrogens is 569 g/mol. The first-order chi connectivity index (χ1) is 22.9. The molecule has 2 N–H and O–H groups in total. The van der Waals surface area contributed by atoms with Gasteiger partial charge in [-0.15, -0.1) is 0 Å². The van der Waals surface area contributed by atoms with E-state index in [4.69, 9.17) is 0 Å². The van der Waals surface area contributed by atoms with E-state index in [0.29, 0.717) is 0 Å². The Morgan fingerprint density at radius 3 is 2.34 bits per heavy atom. The summed E-state index contributed by atoms with van der Waals surface area (Å²) in [5.74, 6) is 0. The molecule has 1 aliphatic heterocycles. The van der Waals surface area contributed by atoms with Gasteiger partial charge in [0.2, 0.25) is 0 Å². The summed E-state index contributed by atoms with van der Waals surface area (Å²) >= 11 is 0. The molecule has 2 heterocycles. The van der Waals surface area contributed by atoms with Crippen LogP contribution in [0.2, 0.25) is 0 Å². The van der Waals surface area contributed by atoms with Crippen molar-refractivity contribution >= 4 is 40.4 Å². The van der Waals surface area contributed by atoms with Gasteiger partial charge in [0.05, 0.1) is 0 Å². The number of allylic oxidation sites excluding steroid dienone is 5. The third-order valence-electron chi connectivity index (χ3n) is 9.11. The fourth-order valence-corrected chi connectivity index (χ4v) is 7.14. The minimum absolute atomic E-state index is 0.309. The van der Waals surface area contributed by atoms with Crippen LogP contribution in [0.5, 0.6) is 0 Å². The van der Waals surface area contributed by atoms with Gasteiger partial charge in [-0.1, -0.05) is 132 Å². The number of anilines is 1. The minimum Gasteiger partial charge on any atom is -0.361 e. The minimum atomic E-state index is -0.309. The Balaban J connectivity index is 0.00000213. The maximum Gasteiger partial charge on any atom is 0.0467 e. The molecule has 0 saturated carbocycles. The summed E-state index contributed by atoms with van der Waals surface area (Å²) < 4.78 is 0. The number of aromatic amines is 1. The van der Waals surface area contributed by atoms with Gasteiger partial charge >= 0.3 is 0 Å². The van der Waals surface area contributed by atoms with Gasteiger partial charge in [0, 0.05) is 45.0 Å². The van der Waals surface area contributed by atoms with Crippen LogP contribution in [-0.2, 0) is 11.8 Å². The van der Waals surface area contributed by atoms with Crippen molar-refractivity contribution in [3.63, 3.8) is 0 Å². The third kappa shape index (κ3) is 6.33. The Bertz CT molecular complexity index is 2010. The number of H-pyrrole nitrogens is 1. The fraction of sp³-hybridized carbons (Fsp3) is 0.200. The summed E-state index contributed by atoms with van der Waals surface area (Å²) in [6.07, 6.45) is 17.9. The van der Waals surface area contributed by atoms with E-state index in [-0.39, 0.29) is 5.41 Å². The lowest BCUT2D eigenvalue weighted by atomic mass is 9.70. The third-order valence-corrected chi connectivity index (χ3v) is 9.11. The molecule has 2 heteroatoms. The van der Waals surface area contributed by atoms with Crippen LogP contribution in [0.25, 0.3) is 45.8 Å². The monoisotopic (exact) mass is 616 g/mol. The van der Waals surface area contributed by atoms with Crippen LogP contribution in [0.1, 0.15) is 86.2 Å². The maximum atomic E-state index is 4.10. The zero-order valence-electron chi connectivity index (χ0n) is 29.0. The Morgan fingerprint density at radius 1 is 0.872 bits per heavy atom. The van der Waals surface area contributed by atoms with Crippen molar-refractivity contribution in [2.45, 2.75) is 60.3 Å². The van der Waals surface area contributed by atoms with Gasteiger partial charge in [-0.3, -0.25) is 0 Å². The Morgan fingerprint density at radius 2 is 1.62 bits per heavy atom. The van der Waals surface area contributed by atoms with E-state index in [2.05, 4.69) is 167 Å². The van der Waals surface area contributed by atoms with Crippen LogP contribution in [0.3, 0.4) is 0 Å². The van der Waals surface area contributed by atoms with E-state index in [1.54, 1.807) is 0 Å². The summed E-state index contributed by atoms with van der Waals surface area (Å²) in [5, 5.41) is 4.95. The molecule has 0 atom stereocenters. The molecule has 4 aromatic carbocycles. The quantitative estimate of drug-likeness (QED) is 0.195. The number of fused-ring (bicyclic) bond motifs is 4. The van der Waals surface area contributed by atoms with Gasteiger partial charge in [0.1, 0.15) is 0 Å². The van der Waals surface area contributed by atoms with Gasteiger partial charge in [-0.05, 0) is 95.1 Å². The highest BCUT2D eigenvalue weighted by molar-refractivity contribution is 5.98. The van der Waals surface area contributed by atoms with Crippen LogP contribution >= 0.6 is 0 Å². The van der Waals surface area contributed by atoms with Crippen molar-refractivity contribution in [2.75, 3.05) is 5.32 Å². The molecule has 0 unspecified atom stereocenters. The molecule has 0 saturated heterocycles. The molecule has 0 aliphatic carbocycles. The first-order valence-corrected chi connectivity index (χ1v) is 16.9. The predicted molar refractivity (Wildman–Crippen MR) is 209 cm³/mol. The fourth-order valence-electron chi connectivity index (χ4n) is 7.14. The maximum absolute atomic E-state index is 4.10. The number of hydrogen-bond acceptors (Lipinski definition) is 1. The van der Waals surface area contributed by atoms with Gasteiger partial charge in [-0.25, -0.2) is 0 Å². The Labute approximate surface area is 282 Å². The average molecular weight is 617 g/mol. The number of aryl methyl sites for hydroxylation is 2. The number of rotatable bonds is 6. The van der Waals surface area contributed by atoms with Crippen molar-refractivity contribution in [3.8, 4) is 11.1 Å². The molecule has 0 radical (unpaired) electrons. The summed E-state index contributed by atoms with van der Waals surface area (Å²) in [5.41, 5.74) is 15.6. The van der Waals surface area contributed by atoms with E-state index in [9.17, 15) is 0 Å². The second-order valence-corrected chi connectivity index (χ2v) is 12.2. The Hall–Kier alpha value is -5.08. The van der Waals surface area contributed by atoms with Crippen LogP contribution in [0.15, 0.2) is 116 Å². The van der Waals surface area contributed by atoms with E-state index in [0.717, 1.165) is 23.3 Å². The van der Waals surface area contributed by atoms with Gasteiger partial charge in [0.15, 0.2) is 0 Å². The number of hydrogen-bond donors (Lipinski definition) is 2. The normalized spacial score (nSPS) is 15.3. The SMILES string of the molecule is C=Cc1[nH]c2ccc(C(C)(C)c3c(C)ccc4c3-c3ccccc3\C=C(c3ccccc3)/C=C\C=C\N4)c(CC)c2c1/C=C\C.CC. The van der Waals surface area contributed by atoms with Crippen molar-refractivity contribution in [1.82, 2.24) is 4.98 Å². The highest BCUT2D eigenvalue weighted by atomic mass is 14.8.